The van der Waals surface area contributed by atoms with Crippen LogP contribution in [0, 0.1) is 0 Å². The Balaban J connectivity index is 2.33. The summed E-state index contributed by atoms with van der Waals surface area (Å²) in [6.07, 6.45) is 3.17. The standard InChI is InChI=1S/C10H4BrCl3N2O/c11-5-1-6(4-15-3-5)17-10-8(13)2-7(12)9(14)16-10/h1-4H. The first-order valence-corrected chi connectivity index (χ1v) is 6.29. The normalized spacial score (nSPS) is 10.4. The molecule has 0 fully saturated rings. The van der Waals surface area contributed by atoms with Crippen LogP contribution in [-0.2, 0) is 0 Å². The Morgan fingerprint density at radius 3 is 2.53 bits per heavy atom. The molecule has 3 nitrogen and oxygen atoms in total. The van der Waals surface area contributed by atoms with Gasteiger partial charge in [-0.3, -0.25) is 4.98 Å². The molecule has 0 aliphatic rings. The van der Waals surface area contributed by atoms with Crippen LogP contribution in [0.25, 0.3) is 0 Å². The molecular formula is C10H4BrCl3N2O. The fourth-order valence-electron chi connectivity index (χ4n) is 1.06. The zero-order valence-corrected chi connectivity index (χ0v) is 12.0. The molecule has 0 radical (unpaired) electrons. The molecule has 0 aliphatic carbocycles. The van der Waals surface area contributed by atoms with Crippen LogP contribution in [-0.4, -0.2) is 9.97 Å². The summed E-state index contributed by atoms with van der Waals surface area (Å²) in [6, 6.07) is 3.20. The summed E-state index contributed by atoms with van der Waals surface area (Å²) in [5.74, 6) is 0.674. The quantitative estimate of drug-likeness (QED) is 0.713. The second-order valence-corrected chi connectivity index (χ2v) is 5.08. The van der Waals surface area contributed by atoms with E-state index in [1.54, 1.807) is 12.3 Å². The van der Waals surface area contributed by atoms with Gasteiger partial charge in [0.05, 0.1) is 11.2 Å². The highest BCUT2D eigenvalue weighted by molar-refractivity contribution is 9.10. The number of nitrogens with zero attached hydrogens (tertiary/aromatic N) is 2. The van der Waals surface area contributed by atoms with Crippen LogP contribution < -0.4 is 4.74 Å². The minimum Gasteiger partial charge on any atom is -0.436 e. The number of hydrogen-bond donors (Lipinski definition) is 0. The van der Waals surface area contributed by atoms with Crippen molar-refractivity contribution in [1.29, 1.82) is 0 Å². The molecule has 0 aromatic carbocycles. The van der Waals surface area contributed by atoms with Gasteiger partial charge in [0.1, 0.15) is 10.8 Å². The number of halogens is 4. The summed E-state index contributed by atoms with van der Waals surface area (Å²) in [6.45, 7) is 0. The van der Waals surface area contributed by atoms with Crippen molar-refractivity contribution in [3.63, 3.8) is 0 Å². The van der Waals surface area contributed by atoms with Gasteiger partial charge in [0.15, 0.2) is 5.15 Å². The van der Waals surface area contributed by atoms with Gasteiger partial charge in [0.2, 0.25) is 5.88 Å². The summed E-state index contributed by atoms with van der Waals surface area (Å²) in [5.41, 5.74) is 0. The third-order valence-electron chi connectivity index (χ3n) is 1.75. The Morgan fingerprint density at radius 1 is 1.06 bits per heavy atom. The first-order chi connectivity index (χ1) is 8.06. The molecule has 17 heavy (non-hydrogen) atoms. The second-order valence-electron chi connectivity index (χ2n) is 2.99. The predicted octanol–water partition coefficient (Wildman–Crippen LogP) is 4.99. The highest BCUT2D eigenvalue weighted by Gasteiger charge is 2.10. The van der Waals surface area contributed by atoms with Crippen molar-refractivity contribution in [2.24, 2.45) is 0 Å². The lowest BCUT2D eigenvalue weighted by Gasteiger charge is -2.07. The molecule has 0 N–H and O–H groups in total. The van der Waals surface area contributed by atoms with E-state index in [0.29, 0.717) is 5.75 Å². The van der Waals surface area contributed by atoms with Gasteiger partial charge < -0.3 is 4.74 Å². The number of ether oxygens (including phenoxy) is 1. The van der Waals surface area contributed by atoms with Gasteiger partial charge in [0.25, 0.3) is 0 Å². The topological polar surface area (TPSA) is 35.0 Å². The zero-order chi connectivity index (χ0) is 12.4. The van der Waals surface area contributed by atoms with E-state index in [1.807, 2.05) is 0 Å². The Kier molecular flexibility index (Phi) is 4.09. The van der Waals surface area contributed by atoms with E-state index in [0.717, 1.165) is 4.47 Å². The average Bonchev–Trinajstić information content (AvgIpc) is 2.26. The number of pyridine rings is 2. The minimum atomic E-state index is 0.133. The third-order valence-corrected chi connectivity index (χ3v) is 3.13. The van der Waals surface area contributed by atoms with Crippen LogP contribution in [0.2, 0.25) is 15.2 Å². The number of rotatable bonds is 2. The van der Waals surface area contributed by atoms with Crippen molar-refractivity contribution in [2.45, 2.75) is 0 Å². The summed E-state index contributed by atoms with van der Waals surface area (Å²) in [5, 5.41) is 0.685. The molecule has 0 spiro atoms. The predicted molar refractivity (Wildman–Crippen MR) is 71.3 cm³/mol. The van der Waals surface area contributed by atoms with Crippen LogP contribution >= 0.6 is 50.7 Å². The second kappa shape index (κ2) is 5.40. The largest absolute Gasteiger partial charge is 0.436 e. The van der Waals surface area contributed by atoms with E-state index in [9.17, 15) is 0 Å². The molecule has 88 valence electrons. The summed E-state index contributed by atoms with van der Waals surface area (Å²) in [7, 11) is 0. The first kappa shape index (κ1) is 12.9. The molecule has 0 amide bonds. The van der Waals surface area contributed by atoms with Crippen LogP contribution in [0.3, 0.4) is 0 Å². The molecule has 2 rings (SSSR count). The van der Waals surface area contributed by atoms with Gasteiger partial charge in [-0.05, 0) is 28.1 Å². The molecule has 0 saturated carbocycles. The minimum absolute atomic E-state index is 0.133. The van der Waals surface area contributed by atoms with Crippen molar-refractivity contribution in [1.82, 2.24) is 9.97 Å². The number of aromatic nitrogens is 2. The highest BCUT2D eigenvalue weighted by atomic mass is 79.9. The van der Waals surface area contributed by atoms with Gasteiger partial charge in [-0.1, -0.05) is 34.8 Å². The van der Waals surface area contributed by atoms with E-state index in [1.165, 1.54) is 12.3 Å². The van der Waals surface area contributed by atoms with E-state index >= 15 is 0 Å². The van der Waals surface area contributed by atoms with Gasteiger partial charge in [-0.25, -0.2) is 0 Å². The highest BCUT2D eigenvalue weighted by Crippen LogP contribution is 2.33. The number of hydrogen-bond acceptors (Lipinski definition) is 3. The Morgan fingerprint density at radius 2 is 1.82 bits per heavy atom. The molecule has 0 unspecified atom stereocenters. The first-order valence-electron chi connectivity index (χ1n) is 4.36. The van der Waals surface area contributed by atoms with Gasteiger partial charge in [-0.2, -0.15) is 4.98 Å². The van der Waals surface area contributed by atoms with Gasteiger partial charge >= 0.3 is 0 Å². The monoisotopic (exact) mass is 352 g/mol. The lowest BCUT2D eigenvalue weighted by Crippen LogP contribution is -1.91. The van der Waals surface area contributed by atoms with Crippen molar-refractivity contribution in [2.75, 3.05) is 0 Å². The molecule has 0 aliphatic heterocycles. The molecule has 0 saturated heterocycles. The fourth-order valence-corrected chi connectivity index (χ4v) is 1.93. The van der Waals surface area contributed by atoms with Crippen LogP contribution in [0.5, 0.6) is 11.6 Å². The van der Waals surface area contributed by atoms with Crippen molar-refractivity contribution >= 4 is 50.7 Å². The lowest BCUT2D eigenvalue weighted by atomic mass is 10.4. The molecule has 0 bridgehead atoms. The van der Waals surface area contributed by atoms with Crippen molar-refractivity contribution in [3.05, 3.63) is 44.2 Å². The molecule has 0 atom stereocenters. The van der Waals surface area contributed by atoms with Gasteiger partial charge in [-0.15, -0.1) is 0 Å². The molecular weight excluding hydrogens is 350 g/mol. The van der Waals surface area contributed by atoms with E-state index in [2.05, 4.69) is 25.9 Å². The van der Waals surface area contributed by atoms with Crippen molar-refractivity contribution in [3.8, 4) is 11.6 Å². The third kappa shape index (κ3) is 3.22. The van der Waals surface area contributed by atoms with E-state index in [4.69, 9.17) is 39.5 Å². The summed E-state index contributed by atoms with van der Waals surface area (Å²) >= 11 is 20.7. The van der Waals surface area contributed by atoms with Crippen LogP contribution in [0.4, 0.5) is 0 Å². The molecule has 2 aromatic rings. The zero-order valence-electron chi connectivity index (χ0n) is 8.12. The van der Waals surface area contributed by atoms with Crippen LogP contribution in [0.1, 0.15) is 0 Å². The smallest absolute Gasteiger partial charge is 0.239 e. The fraction of sp³-hybridized carbons (Fsp3) is 0. The lowest BCUT2D eigenvalue weighted by molar-refractivity contribution is 0.461. The van der Waals surface area contributed by atoms with Crippen molar-refractivity contribution < 1.29 is 4.74 Å². The maximum absolute atomic E-state index is 5.93. The Labute approximate surface area is 121 Å². The van der Waals surface area contributed by atoms with E-state index in [-0.39, 0.29) is 21.1 Å². The Bertz CT molecular complexity index is 565. The Hall–Kier alpha value is -0.550. The molecule has 7 heteroatoms. The molecule has 2 heterocycles. The maximum Gasteiger partial charge on any atom is 0.239 e. The SMILES string of the molecule is Clc1cc(Cl)c(Oc2cncc(Br)c2)nc1Cl. The summed E-state index contributed by atoms with van der Waals surface area (Å²) < 4.78 is 6.23. The summed E-state index contributed by atoms with van der Waals surface area (Å²) in [4.78, 5) is 7.88. The molecule has 2 aromatic heterocycles. The van der Waals surface area contributed by atoms with Crippen LogP contribution in [0.15, 0.2) is 29.0 Å². The van der Waals surface area contributed by atoms with Gasteiger partial charge in [0, 0.05) is 10.7 Å². The maximum atomic E-state index is 5.93. The van der Waals surface area contributed by atoms with E-state index < -0.39 is 0 Å². The average molecular weight is 354 g/mol.